The molecule has 0 aliphatic heterocycles. The number of anilines is 1. The highest BCUT2D eigenvalue weighted by atomic mass is 14.9. The van der Waals surface area contributed by atoms with Gasteiger partial charge in [0, 0.05) is 12.2 Å². The minimum atomic E-state index is 0.987. The van der Waals surface area contributed by atoms with Gasteiger partial charge in [0.1, 0.15) is 0 Å². The minimum absolute atomic E-state index is 0.987. The van der Waals surface area contributed by atoms with Crippen LogP contribution < -0.4 is 5.32 Å². The van der Waals surface area contributed by atoms with Gasteiger partial charge in [0.05, 0.1) is 0 Å². The Bertz CT molecular complexity index is 391. The van der Waals surface area contributed by atoms with Crippen LogP contribution in [0.25, 0.3) is 0 Å². The smallest absolute Gasteiger partial charge is 0.0343 e. The molecule has 1 fully saturated rings. The Morgan fingerprint density at radius 2 is 1.78 bits per heavy atom. The molecule has 1 N–H and O–H groups in total. The maximum Gasteiger partial charge on any atom is 0.0343 e. The first-order valence-corrected chi connectivity index (χ1v) is 7.77. The number of aryl methyl sites for hydroxylation is 2. The van der Waals surface area contributed by atoms with Crippen LogP contribution in [0.4, 0.5) is 5.69 Å². The van der Waals surface area contributed by atoms with Crippen molar-refractivity contribution in [2.24, 2.45) is 5.92 Å². The van der Waals surface area contributed by atoms with Gasteiger partial charge in [-0.15, -0.1) is 0 Å². The van der Waals surface area contributed by atoms with Crippen LogP contribution in [0, 0.1) is 5.92 Å². The lowest BCUT2D eigenvalue weighted by Gasteiger charge is -2.21. The molecule has 0 saturated heterocycles. The van der Waals surface area contributed by atoms with Crippen LogP contribution in [-0.2, 0) is 12.8 Å². The van der Waals surface area contributed by atoms with E-state index >= 15 is 0 Å². The molecule has 98 valence electrons. The Morgan fingerprint density at radius 1 is 0.944 bits per heavy atom. The molecule has 18 heavy (non-hydrogen) atoms. The van der Waals surface area contributed by atoms with Crippen molar-refractivity contribution in [3.8, 4) is 0 Å². The predicted octanol–water partition coefficient (Wildman–Crippen LogP) is 4.56. The van der Waals surface area contributed by atoms with Gasteiger partial charge in [-0.2, -0.15) is 0 Å². The normalized spacial score (nSPS) is 19.8. The van der Waals surface area contributed by atoms with E-state index in [4.69, 9.17) is 0 Å². The van der Waals surface area contributed by atoms with Gasteiger partial charge in [-0.1, -0.05) is 38.2 Å². The van der Waals surface area contributed by atoms with Crippen molar-refractivity contribution in [3.05, 3.63) is 29.3 Å². The summed E-state index contributed by atoms with van der Waals surface area (Å²) in [6.45, 7) is 1.16. The van der Waals surface area contributed by atoms with Crippen molar-refractivity contribution in [1.29, 1.82) is 0 Å². The van der Waals surface area contributed by atoms with Gasteiger partial charge < -0.3 is 5.32 Å². The number of hydrogen-bond acceptors (Lipinski definition) is 1. The van der Waals surface area contributed by atoms with Crippen LogP contribution >= 0.6 is 0 Å². The van der Waals surface area contributed by atoms with Gasteiger partial charge in [0.2, 0.25) is 0 Å². The predicted molar refractivity (Wildman–Crippen MR) is 78.1 cm³/mol. The number of nitrogens with one attached hydrogen (secondary N) is 1. The summed E-state index contributed by atoms with van der Waals surface area (Å²) in [5.41, 5.74) is 4.50. The quantitative estimate of drug-likeness (QED) is 0.817. The molecule has 1 heteroatoms. The van der Waals surface area contributed by atoms with E-state index < -0.39 is 0 Å². The van der Waals surface area contributed by atoms with Crippen LogP contribution in [0.5, 0.6) is 0 Å². The van der Waals surface area contributed by atoms with Crippen molar-refractivity contribution in [3.63, 3.8) is 0 Å². The third kappa shape index (κ3) is 2.88. The summed E-state index contributed by atoms with van der Waals surface area (Å²) < 4.78 is 0. The third-order valence-corrected chi connectivity index (χ3v) is 4.70. The second kappa shape index (κ2) is 5.77. The van der Waals surface area contributed by atoms with E-state index in [1.807, 2.05) is 0 Å². The molecule has 2 aliphatic rings. The first kappa shape index (κ1) is 12.1. The maximum absolute atomic E-state index is 3.62. The molecule has 1 saturated carbocycles. The van der Waals surface area contributed by atoms with Crippen molar-refractivity contribution in [1.82, 2.24) is 0 Å². The SMILES string of the molecule is c1cc2c(cc1NCCC1CCCCC1)CCC2. The first-order valence-electron chi connectivity index (χ1n) is 7.77. The summed E-state index contributed by atoms with van der Waals surface area (Å²) in [7, 11) is 0. The monoisotopic (exact) mass is 243 g/mol. The summed E-state index contributed by atoms with van der Waals surface area (Å²) in [4.78, 5) is 0. The summed E-state index contributed by atoms with van der Waals surface area (Å²) in [6, 6.07) is 6.97. The van der Waals surface area contributed by atoms with Crippen molar-refractivity contribution in [2.75, 3.05) is 11.9 Å². The molecule has 3 rings (SSSR count). The Labute approximate surface area is 111 Å². The lowest BCUT2D eigenvalue weighted by atomic mass is 9.87. The zero-order valence-corrected chi connectivity index (χ0v) is 11.4. The Balaban J connectivity index is 1.48. The molecule has 0 spiro atoms. The molecule has 1 nitrogen and oxygen atoms in total. The van der Waals surface area contributed by atoms with Crippen LogP contribution in [0.1, 0.15) is 56.1 Å². The zero-order chi connectivity index (χ0) is 12.2. The maximum atomic E-state index is 3.62. The van der Waals surface area contributed by atoms with Crippen molar-refractivity contribution >= 4 is 5.69 Å². The molecule has 0 amide bonds. The van der Waals surface area contributed by atoms with Gasteiger partial charge in [-0.05, 0) is 54.9 Å². The lowest BCUT2D eigenvalue weighted by Crippen LogP contribution is -2.12. The van der Waals surface area contributed by atoms with Crippen LogP contribution in [0.15, 0.2) is 18.2 Å². The van der Waals surface area contributed by atoms with Gasteiger partial charge >= 0.3 is 0 Å². The van der Waals surface area contributed by atoms with E-state index in [1.165, 1.54) is 63.5 Å². The molecule has 0 bridgehead atoms. The van der Waals surface area contributed by atoms with Gasteiger partial charge in [0.25, 0.3) is 0 Å². The van der Waals surface area contributed by atoms with E-state index in [2.05, 4.69) is 23.5 Å². The summed E-state index contributed by atoms with van der Waals surface area (Å²) in [6.07, 6.45) is 12.6. The highest BCUT2D eigenvalue weighted by Gasteiger charge is 2.13. The fourth-order valence-electron chi connectivity index (χ4n) is 3.58. The first-order chi connectivity index (χ1) is 8.92. The van der Waals surface area contributed by atoms with E-state index in [0.29, 0.717) is 0 Å². The van der Waals surface area contributed by atoms with Gasteiger partial charge in [0.15, 0.2) is 0 Å². The summed E-state index contributed by atoms with van der Waals surface area (Å²) in [5.74, 6) is 0.987. The Kier molecular flexibility index (Phi) is 3.87. The van der Waals surface area contributed by atoms with Gasteiger partial charge in [-0.3, -0.25) is 0 Å². The Hall–Kier alpha value is -0.980. The topological polar surface area (TPSA) is 12.0 Å². The molecule has 0 atom stereocenters. The second-order valence-electron chi connectivity index (χ2n) is 6.06. The third-order valence-electron chi connectivity index (χ3n) is 4.70. The highest BCUT2D eigenvalue weighted by Crippen LogP contribution is 2.27. The van der Waals surface area contributed by atoms with Crippen molar-refractivity contribution < 1.29 is 0 Å². The molecule has 0 radical (unpaired) electrons. The fourth-order valence-corrected chi connectivity index (χ4v) is 3.58. The second-order valence-corrected chi connectivity index (χ2v) is 6.06. The number of fused-ring (bicyclic) bond motifs is 1. The number of hydrogen-bond donors (Lipinski definition) is 1. The molecule has 0 heterocycles. The molecule has 0 unspecified atom stereocenters. The average Bonchev–Trinajstić information content (AvgIpc) is 2.87. The molecule has 2 aliphatic carbocycles. The largest absolute Gasteiger partial charge is 0.385 e. The molecule has 0 aromatic heterocycles. The fraction of sp³-hybridized carbons (Fsp3) is 0.647. The van der Waals surface area contributed by atoms with E-state index in [-0.39, 0.29) is 0 Å². The summed E-state index contributed by atoms with van der Waals surface area (Å²) in [5, 5.41) is 3.62. The minimum Gasteiger partial charge on any atom is -0.385 e. The number of benzene rings is 1. The molecule has 1 aromatic carbocycles. The van der Waals surface area contributed by atoms with Crippen LogP contribution in [-0.4, -0.2) is 6.54 Å². The molecular weight excluding hydrogens is 218 g/mol. The Morgan fingerprint density at radius 3 is 2.67 bits per heavy atom. The summed E-state index contributed by atoms with van der Waals surface area (Å²) >= 11 is 0. The van der Waals surface area contributed by atoms with E-state index in [9.17, 15) is 0 Å². The molecule has 1 aromatic rings. The van der Waals surface area contributed by atoms with Crippen LogP contribution in [0.3, 0.4) is 0 Å². The van der Waals surface area contributed by atoms with Gasteiger partial charge in [-0.25, -0.2) is 0 Å². The highest BCUT2D eigenvalue weighted by molar-refractivity contribution is 5.50. The van der Waals surface area contributed by atoms with Crippen LogP contribution in [0.2, 0.25) is 0 Å². The number of rotatable bonds is 4. The zero-order valence-electron chi connectivity index (χ0n) is 11.4. The van der Waals surface area contributed by atoms with Crippen molar-refractivity contribution in [2.45, 2.75) is 57.8 Å². The standard InChI is InChI=1S/C17H25N/c1-2-5-14(6-3-1)11-12-18-17-10-9-15-7-4-8-16(15)13-17/h9-10,13-14,18H,1-8,11-12H2. The average molecular weight is 243 g/mol. The molecular formula is C17H25N. The van der Waals surface area contributed by atoms with E-state index in [0.717, 1.165) is 12.5 Å². The lowest BCUT2D eigenvalue weighted by molar-refractivity contribution is 0.345. The van der Waals surface area contributed by atoms with E-state index in [1.54, 1.807) is 11.1 Å².